The van der Waals surface area contributed by atoms with Gasteiger partial charge in [-0.1, -0.05) is 105 Å². The van der Waals surface area contributed by atoms with Gasteiger partial charge in [0.1, 0.15) is 127 Å². The quantitative estimate of drug-likeness (QED) is 0.0133. The second-order valence-corrected chi connectivity index (χ2v) is 39.3. The van der Waals surface area contributed by atoms with Crippen LogP contribution in [0.25, 0.3) is 0 Å². The molecule has 0 amide bonds. The van der Waals surface area contributed by atoms with E-state index in [1.54, 1.807) is 13.8 Å². The van der Waals surface area contributed by atoms with Gasteiger partial charge < -0.3 is 183 Å². The number of allylic oxidation sites excluding steroid dienone is 2. The van der Waals surface area contributed by atoms with Crippen molar-refractivity contribution in [2.75, 3.05) is 39.6 Å². The van der Waals surface area contributed by atoms with E-state index in [0.29, 0.717) is 70.6 Å². The van der Waals surface area contributed by atoms with Gasteiger partial charge >= 0.3 is 11.9 Å². The Kier molecular flexibility index (Phi) is 33.2. The Morgan fingerprint density at radius 2 is 0.984 bits per heavy atom. The van der Waals surface area contributed by atoms with Gasteiger partial charge in [-0.05, 0) is 137 Å². The molecule has 0 aromatic rings. The number of carbonyl (C=O) groups is 2. The molecule has 39 heteroatoms. The topological polar surface area (TPSA) is 618 Å². The van der Waals surface area contributed by atoms with Crippen LogP contribution < -0.4 is 0 Å². The highest BCUT2D eigenvalue weighted by Crippen LogP contribution is 2.76. The van der Waals surface area contributed by atoms with Crippen molar-refractivity contribution >= 4 is 11.9 Å². The number of hydrogen-bond donors (Lipinski definition) is 22. The van der Waals surface area contributed by atoms with Gasteiger partial charge in [0.25, 0.3) is 0 Å². The van der Waals surface area contributed by atoms with E-state index < -0.39 is 310 Å². The third kappa shape index (κ3) is 20.1. The zero-order valence-electron chi connectivity index (χ0n) is 72.3. The van der Waals surface area contributed by atoms with Crippen LogP contribution in [0.15, 0.2) is 11.6 Å². The lowest BCUT2D eigenvalue weighted by Crippen LogP contribution is -2.70. The Bertz CT molecular complexity index is 3460. The van der Waals surface area contributed by atoms with Crippen molar-refractivity contribution in [2.24, 2.45) is 50.2 Å². The van der Waals surface area contributed by atoms with E-state index in [1.165, 1.54) is 13.8 Å². The molecule has 12 rings (SSSR count). The van der Waals surface area contributed by atoms with Crippen molar-refractivity contribution < 1.29 is 193 Å². The average molecular weight is 1790 g/mol. The van der Waals surface area contributed by atoms with Crippen molar-refractivity contribution in [3.05, 3.63) is 11.6 Å². The van der Waals surface area contributed by atoms with Gasteiger partial charge in [-0.3, -0.25) is 4.79 Å². The first-order chi connectivity index (χ1) is 58.4. The number of fused-ring (bicyclic) bond motifs is 7. The highest BCUT2D eigenvalue weighted by atomic mass is 16.8. The molecule has 0 aromatic carbocycles. The first-order valence-electron chi connectivity index (χ1n) is 44.7. The van der Waals surface area contributed by atoms with E-state index in [4.69, 9.17) is 71.1 Å². The van der Waals surface area contributed by atoms with Crippen molar-refractivity contribution in [2.45, 2.75) is 418 Å². The summed E-state index contributed by atoms with van der Waals surface area (Å²) in [5.41, 5.74) is -4.96. The lowest BCUT2D eigenvalue weighted by Gasteiger charge is -2.72. The summed E-state index contributed by atoms with van der Waals surface area (Å²) >= 11 is 0. The normalized spacial score (nSPS) is 49.6. The SMILES string of the molecule is C[C@@H]1O[C@@H](OCCCCCCCC(O)CCCCCCC(O[C@@H]2OC[C@@H](O)[C@H](O)[C@H]2O)C(=O)O[C@@H]2[C@H](O)[C@@H](O[C@@H]3O[C@@H](C)[C@H](O[C@@H]4OC[C@@H](O)[C@H](O)[C@H]4O)[C@@H](O)[C@H]3O)[C@H](OC(=O)[C@]34CCC(C)(C)C[C@H]3C3=CC[C@@H]5[C@@]6(C)C[C@H](O)[C@H](O[C@@H]7O[C@H](CO[C@@H]8OC[C@H](O)[C@H](O)[C@H]8O)[C@@H](O)[C@H](O)[C@H]7O)[C@@](C)(CO)[C@@H]6CC[C@@]5(C)[C@]3(C)C[C@H]4O)O[C@@H]2C)[C@H](O)[C@H](O)[C@H]1O. The summed E-state index contributed by atoms with van der Waals surface area (Å²) in [6.07, 6.45) is -47.3. The van der Waals surface area contributed by atoms with Crippen molar-refractivity contribution in [3.8, 4) is 0 Å². The molecular formula is C85H142O39. The fourth-order valence-corrected chi connectivity index (χ4v) is 22.7. The molecule has 716 valence electrons. The third-order valence-electron chi connectivity index (χ3n) is 30.5. The third-order valence-corrected chi connectivity index (χ3v) is 30.5. The number of rotatable bonds is 32. The minimum atomic E-state index is -2.11. The number of ether oxygens (including phenoxy) is 15. The van der Waals surface area contributed by atoms with Gasteiger partial charge in [0.2, 0.25) is 6.29 Å². The largest absolute Gasteiger partial charge is 0.455 e. The second-order valence-electron chi connectivity index (χ2n) is 39.3. The maximum Gasteiger partial charge on any atom is 0.335 e. The van der Waals surface area contributed by atoms with E-state index in [0.717, 1.165) is 31.3 Å². The molecule has 7 aliphatic heterocycles. The highest BCUT2D eigenvalue weighted by Gasteiger charge is 2.74. The standard InChI is InChI=1S/C85H142O39/c1-37-52(93)57(98)63(104)73(115-37)110-28-18-14-10-11-15-19-40(87)20-16-12-13-17-21-47(118-74-61(102)54(95)45(90)33-112-74)71(108)120-68-39(3)117-78(69(66(68)107)122-76-65(106)59(100)67(38(2)116-76)121-75-62(103)55(96)46(91)34-113-75)124-79(109)85-27-26-80(4,5)29-42(85)41-22-23-50-81(6)30-43(88)70(82(7,36-86)49(81)24-25-83(50,8)84(41,9)31-51(85)92)123-77-64(105)58(99)56(97)48(119-77)35-114-72-60(101)53(94)44(89)32-111-72/h22,37-40,42-70,72-78,86-107H,10-21,23-36H2,1-9H3/t37-,38-,39+,40?,42-,43-,44-,45+,46+,47?,48+,49+,50+,51+,52-,53-,54-,55-,56+,57+,58-,59-,60+,61+,62+,63+,64+,65+,66-,67-,68-,69+,70-,72-,73+,74-,75-,76-,77-,78-,81-,82-,83+,84+,85+/m0/s1. The van der Waals surface area contributed by atoms with E-state index >= 15 is 4.79 Å². The van der Waals surface area contributed by atoms with Crippen molar-refractivity contribution in [1.29, 1.82) is 0 Å². The molecule has 2 unspecified atom stereocenters. The Labute approximate surface area is 721 Å². The summed E-state index contributed by atoms with van der Waals surface area (Å²) in [6, 6.07) is 0. The van der Waals surface area contributed by atoms with Crippen LogP contribution in [0.1, 0.15) is 191 Å². The number of esters is 2. The molecule has 0 bridgehead atoms. The molecule has 12 aliphatic rings. The fourth-order valence-electron chi connectivity index (χ4n) is 22.7. The zero-order chi connectivity index (χ0) is 90.5. The van der Waals surface area contributed by atoms with E-state index in [2.05, 4.69) is 40.7 Å². The predicted molar refractivity (Wildman–Crippen MR) is 421 cm³/mol. The van der Waals surface area contributed by atoms with Gasteiger partial charge in [0, 0.05) is 12.0 Å². The van der Waals surface area contributed by atoms with Gasteiger partial charge in [0.15, 0.2) is 56.1 Å². The van der Waals surface area contributed by atoms with Gasteiger partial charge in [-0.15, -0.1) is 0 Å². The van der Waals surface area contributed by atoms with Crippen LogP contribution in [0.2, 0.25) is 0 Å². The van der Waals surface area contributed by atoms with Crippen LogP contribution in [0.5, 0.6) is 0 Å². The minimum absolute atomic E-state index is 0.00447. The first kappa shape index (κ1) is 100. The van der Waals surface area contributed by atoms with E-state index in [1.807, 2.05) is 0 Å². The van der Waals surface area contributed by atoms with Crippen LogP contribution >= 0.6 is 0 Å². The lowest BCUT2D eigenvalue weighted by atomic mass is 9.33. The summed E-state index contributed by atoms with van der Waals surface area (Å²) in [5, 5.41) is 244. The minimum Gasteiger partial charge on any atom is -0.455 e. The molecule has 0 radical (unpaired) electrons. The molecule has 124 heavy (non-hydrogen) atoms. The molecule has 5 aliphatic carbocycles. The van der Waals surface area contributed by atoms with Gasteiger partial charge in [-0.2, -0.15) is 0 Å². The van der Waals surface area contributed by atoms with Crippen LogP contribution in [0.4, 0.5) is 0 Å². The molecule has 45 atom stereocenters. The van der Waals surface area contributed by atoms with Crippen LogP contribution in [-0.4, -0.2) is 391 Å². The lowest BCUT2D eigenvalue weighted by molar-refractivity contribution is -0.374. The smallest absolute Gasteiger partial charge is 0.335 e. The van der Waals surface area contributed by atoms with Gasteiger partial charge in [0.05, 0.1) is 75.8 Å². The van der Waals surface area contributed by atoms with Crippen molar-refractivity contribution in [1.82, 2.24) is 0 Å². The number of unbranched alkanes of at least 4 members (excludes halogenated alkanes) is 7. The van der Waals surface area contributed by atoms with E-state index in [9.17, 15) is 117 Å². The summed E-state index contributed by atoms with van der Waals surface area (Å²) in [6.45, 7) is 14.4. The molecule has 4 saturated carbocycles. The predicted octanol–water partition coefficient (Wildman–Crippen LogP) is -3.70. The molecule has 39 nitrogen and oxygen atoms in total. The summed E-state index contributed by atoms with van der Waals surface area (Å²) < 4.78 is 89.6. The highest BCUT2D eigenvalue weighted by molar-refractivity contribution is 5.80. The average Bonchev–Trinajstić information content (AvgIpc) is 0.667. The summed E-state index contributed by atoms with van der Waals surface area (Å²) in [4.78, 5) is 31.1. The maximum absolute atomic E-state index is 16.2. The van der Waals surface area contributed by atoms with Crippen LogP contribution in [0, 0.1) is 50.2 Å². The number of aliphatic hydroxyl groups excluding tert-OH is 22. The molecule has 7 heterocycles. The Morgan fingerprint density at radius 1 is 0.460 bits per heavy atom. The molecule has 7 saturated heterocycles. The van der Waals surface area contributed by atoms with Crippen LogP contribution in [0.3, 0.4) is 0 Å². The number of aliphatic hydroxyl groups is 22. The first-order valence-corrected chi connectivity index (χ1v) is 44.7. The van der Waals surface area contributed by atoms with Crippen LogP contribution in [-0.2, 0) is 80.6 Å². The Morgan fingerprint density at radius 3 is 1.63 bits per heavy atom. The maximum atomic E-state index is 16.2. The Hall–Kier alpha value is -2.72. The molecular weight excluding hydrogens is 1640 g/mol. The van der Waals surface area contributed by atoms with Gasteiger partial charge in [-0.25, -0.2) is 4.79 Å². The monoisotopic (exact) mass is 1790 g/mol. The Balaban J connectivity index is 0.745. The molecule has 11 fully saturated rings. The fraction of sp³-hybridized carbons (Fsp3) is 0.953. The molecule has 0 aromatic heterocycles. The molecule has 0 spiro atoms. The van der Waals surface area contributed by atoms with Crippen molar-refractivity contribution in [3.63, 3.8) is 0 Å². The molecule has 22 N–H and O–H groups in total. The van der Waals surface area contributed by atoms with E-state index in [-0.39, 0.29) is 51.2 Å². The number of hydrogen-bond acceptors (Lipinski definition) is 39. The summed E-state index contributed by atoms with van der Waals surface area (Å²) in [5.74, 6) is -3.52. The zero-order valence-corrected chi connectivity index (χ0v) is 72.3. The second kappa shape index (κ2) is 41.0. The summed E-state index contributed by atoms with van der Waals surface area (Å²) in [7, 11) is 0. The number of carbonyl (C=O) groups excluding carboxylic acids is 2.